The van der Waals surface area contributed by atoms with Gasteiger partial charge in [0.2, 0.25) is 5.91 Å². The summed E-state index contributed by atoms with van der Waals surface area (Å²) in [6.45, 7) is 3.55. The standard InChI is InChI=1S/C21H23N5O2/c1-15-18(24-14-23-15)13-26-11-5-8-19(26)21(27)25-17-7-2-3-9-20(17)28-16-6-4-10-22-12-16/h2-4,6-7,9-10,12,14,19H,5,8,11,13H2,1H3,(H,23,24)(H,25,27)/t19-/m0/s1. The molecule has 0 bridgehead atoms. The van der Waals surface area contributed by atoms with Crippen LogP contribution in [0.15, 0.2) is 55.1 Å². The number of carbonyl (C=O) groups excluding carboxylic acids is 1. The van der Waals surface area contributed by atoms with Crippen LogP contribution in [0.4, 0.5) is 5.69 Å². The second-order valence-electron chi connectivity index (χ2n) is 6.88. The second-order valence-corrected chi connectivity index (χ2v) is 6.88. The fourth-order valence-corrected chi connectivity index (χ4v) is 3.46. The molecular formula is C21H23N5O2. The second kappa shape index (κ2) is 8.22. The van der Waals surface area contributed by atoms with E-state index in [0.29, 0.717) is 23.7 Å². The first kappa shape index (κ1) is 18.2. The number of hydrogen-bond acceptors (Lipinski definition) is 5. The molecule has 7 nitrogen and oxygen atoms in total. The molecule has 1 aliphatic rings. The monoisotopic (exact) mass is 377 g/mol. The normalized spacial score (nSPS) is 16.8. The maximum absolute atomic E-state index is 13.0. The molecule has 1 aromatic carbocycles. The van der Waals surface area contributed by atoms with Gasteiger partial charge in [0.15, 0.2) is 5.75 Å². The number of anilines is 1. The molecule has 144 valence electrons. The molecule has 0 radical (unpaired) electrons. The first-order valence-electron chi connectivity index (χ1n) is 9.41. The minimum Gasteiger partial charge on any atom is -0.454 e. The Morgan fingerprint density at radius 3 is 3.00 bits per heavy atom. The van der Waals surface area contributed by atoms with Gasteiger partial charge in [-0.2, -0.15) is 0 Å². The number of H-pyrrole nitrogens is 1. The molecule has 0 saturated carbocycles. The van der Waals surface area contributed by atoms with E-state index in [1.54, 1.807) is 18.7 Å². The van der Waals surface area contributed by atoms with Crippen LogP contribution in [0, 0.1) is 6.92 Å². The van der Waals surface area contributed by atoms with Gasteiger partial charge in [-0.15, -0.1) is 0 Å². The van der Waals surface area contributed by atoms with Gasteiger partial charge in [-0.05, 0) is 50.6 Å². The van der Waals surface area contributed by atoms with E-state index < -0.39 is 0 Å². The van der Waals surface area contributed by atoms with Crippen LogP contribution in [0.1, 0.15) is 24.2 Å². The lowest BCUT2D eigenvalue weighted by Crippen LogP contribution is -2.39. The van der Waals surface area contributed by atoms with Crippen LogP contribution in [-0.4, -0.2) is 38.3 Å². The quantitative estimate of drug-likeness (QED) is 0.687. The van der Waals surface area contributed by atoms with E-state index in [1.165, 1.54) is 0 Å². The molecule has 4 rings (SSSR count). The highest BCUT2D eigenvalue weighted by atomic mass is 16.5. The van der Waals surface area contributed by atoms with Gasteiger partial charge in [-0.25, -0.2) is 4.98 Å². The van der Waals surface area contributed by atoms with Crippen molar-refractivity contribution in [2.75, 3.05) is 11.9 Å². The van der Waals surface area contributed by atoms with Crippen molar-refractivity contribution >= 4 is 11.6 Å². The van der Waals surface area contributed by atoms with Crippen LogP contribution in [-0.2, 0) is 11.3 Å². The van der Waals surface area contributed by atoms with Crippen molar-refractivity contribution in [2.45, 2.75) is 32.4 Å². The van der Waals surface area contributed by atoms with Gasteiger partial charge in [-0.3, -0.25) is 14.7 Å². The first-order chi connectivity index (χ1) is 13.7. The SMILES string of the molecule is Cc1[nH]cnc1CN1CCC[C@H]1C(=O)Nc1ccccc1Oc1cccnc1. The number of ether oxygens (including phenoxy) is 1. The molecule has 1 atom stereocenters. The van der Waals surface area contributed by atoms with Crippen LogP contribution in [0.25, 0.3) is 0 Å². The van der Waals surface area contributed by atoms with Crippen LogP contribution in [0.5, 0.6) is 11.5 Å². The molecule has 2 aromatic heterocycles. The van der Waals surface area contributed by atoms with Crippen molar-refractivity contribution in [3.63, 3.8) is 0 Å². The largest absolute Gasteiger partial charge is 0.454 e. The molecule has 7 heteroatoms. The summed E-state index contributed by atoms with van der Waals surface area (Å²) in [5.41, 5.74) is 2.68. The number of carbonyl (C=O) groups is 1. The van der Waals surface area contributed by atoms with E-state index in [9.17, 15) is 4.79 Å². The van der Waals surface area contributed by atoms with E-state index in [2.05, 4.69) is 25.2 Å². The average Bonchev–Trinajstić information content (AvgIpc) is 3.34. The summed E-state index contributed by atoms with van der Waals surface area (Å²) in [4.78, 5) is 26.7. The van der Waals surface area contributed by atoms with Crippen LogP contribution in [0.2, 0.25) is 0 Å². The first-order valence-corrected chi connectivity index (χ1v) is 9.41. The molecule has 0 unspecified atom stereocenters. The van der Waals surface area contributed by atoms with E-state index >= 15 is 0 Å². The van der Waals surface area contributed by atoms with Crippen LogP contribution in [0.3, 0.4) is 0 Å². The number of aromatic nitrogens is 3. The highest BCUT2D eigenvalue weighted by molar-refractivity contribution is 5.96. The lowest BCUT2D eigenvalue weighted by atomic mass is 10.2. The molecule has 0 aliphatic carbocycles. The molecule has 3 aromatic rings. The number of aromatic amines is 1. The van der Waals surface area contributed by atoms with Crippen molar-refractivity contribution in [1.82, 2.24) is 19.9 Å². The lowest BCUT2D eigenvalue weighted by Gasteiger charge is -2.23. The molecule has 1 saturated heterocycles. The summed E-state index contributed by atoms with van der Waals surface area (Å²) in [6, 6.07) is 10.9. The van der Waals surface area contributed by atoms with E-state index in [-0.39, 0.29) is 11.9 Å². The summed E-state index contributed by atoms with van der Waals surface area (Å²) in [5.74, 6) is 1.20. The van der Waals surface area contributed by atoms with Crippen molar-refractivity contribution in [2.24, 2.45) is 0 Å². The maximum atomic E-state index is 13.0. The third kappa shape index (κ3) is 4.04. The smallest absolute Gasteiger partial charge is 0.241 e. The number of para-hydroxylation sites is 2. The maximum Gasteiger partial charge on any atom is 0.241 e. The topological polar surface area (TPSA) is 83.1 Å². The summed E-state index contributed by atoms with van der Waals surface area (Å²) < 4.78 is 5.90. The fraction of sp³-hybridized carbons (Fsp3) is 0.286. The number of aryl methyl sites for hydroxylation is 1. The molecule has 2 N–H and O–H groups in total. The molecule has 1 amide bonds. The summed E-state index contributed by atoms with van der Waals surface area (Å²) in [5, 5.41) is 3.04. The predicted octanol–water partition coefficient (Wildman–Crippen LogP) is 3.51. The summed E-state index contributed by atoms with van der Waals surface area (Å²) in [7, 11) is 0. The van der Waals surface area contributed by atoms with Gasteiger partial charge >= 0.3 is 0 Å². The van der Waals surface area contributed by atoms with Gasteiger partial charge in [0.1, 0.15) is 5.75 Å². The Kier molecular flexibility index (Phi) is 5.34. The number of imidazole rings is 1. The van der Waals surface area contributed by atoms with Crippen LogP contribution < -0.4 is 10.1 Å². The summed E-state index contributed by atoms with van der Waals surface area (Å²) >= 11 is 0. The Hall–Kier alpha value is -3.19. The average molecular weight is 377 g/mol. The van der Waals surface area contributed by atoms with E-state index in [0.717, 1.165) is 30.8 Å². The van der Waals surface area contributed by atoms with Crippen molar-refractivity contribution < 1.29 is 9.53 Å². The van der Waals surface area contributed by atoms with Crippen LogP contribution >= 0.6 is 0 Å². The summed E-state index contributed by atoms with van der Waals surface area (Å²) in [6.07, 6.45) is 6.86. The molecular weight excluding hydrogens is 354 g/mol. The predicted molar refractivity (Wildman–Crippen MR) is 106 cm³/mol. The third-order valence-electron chi connectivity index (χ3n) is 4.96. The zero-order chi connectivity index (χ0) is 19.3. The zero-order valence-electron chi connectivity index (χ0n) is 15.8. The van der Waals surface area contributed by atoms with Gasteiger partial charge in [0.25, 0.3) is 0 Å². The third-order valence-corrected chi connectivity index (χ3v) is 4.96. The number of nitrogens with one attached hydrogen (secondary N) is 2. The number of rotatable bonds is 6. The Labute approximate surface area is 163 Å². The van der Waals surface area contributed by atoms with E-state index in [1.807, 2.05) is 43.3 Å². The molecule has 1 fully saturated rings. The van der Waals surface area contributed by atoms with Crippen molar-refractivity contribution in [3.8, 4) is 11.5 Å². The number of pyridine rings is 1. The fourth-order valence-electron chi connectivity index (χ4n) is 3.46. The van der Waals surface area contributed by atoms with Gasteiger partial charge < -0.3 is 15.0 Å². The zero-order valence-corrected chi connectivity index (χ0v) is 15.8. The van der Waals surface area contributed by atoms with E-state index in [4.69, 9.17) is 4.74 Å². The van der Waals surface area contributed by atoms with Gasteiger partial charge in [0, 0.05) is 18.4 Å². The molecule has 3 heterocycles. The highest BCUT2D eigenvalue weighted by Crippen LogP contribution is 2.30. The molecule has 28 heavy (non-hydrogen) atoms. The van der Waals surface area contributed by atoms with Gasteiger partial charge in [-0.1, -0.05) is 12.1 Å². The Morgan fingerprint density at radius 1 is 1.32 bits per heavy atom. The highest BCUT2D eigenvalue weighted by Gasteiger charge is 2.31. The minimum absolute atomic E-state index is 0.0204. The number of hydrogen-bond donors (Lipinski definition) is 2. The number of amides is 1. The number of benzene rings is 1. The Morgan fingerprint density at radius 2 is 2.21 bits per heavy atom. The Bertz CT molecular complexity index is 941. The molecule has 1 aliphatic heterocycles. The van der Waals surface area contributed by atoms with Crippen molar-refractivity contribution in [3.05, 3.63) is 66.5 Å². The molecule has 0 spiro atoms. The lowest BCUT2D eigenvalue weighted by molar-refractivity contribution is -0.120. The number of likely N-dealkylation sites (tertiary alicyclic amines) is 1. The van der Waals surface area contributed by atoms with Gasteiger partial charge in [0.05, 0.1) is 29.9 Å². The minimum atomic E-state index is -0.178. The van der Waals surface area contributed by atoms with Crippen molar-refractivity contribution in [1.29, 1.82) is 0 Å². The number of nitrogens with zero attached hydrogens (tertiary/aromatic N) is 3. The Balaban J connectivity index is 1.46.